The van der Waals surface area contributed by atoms with Gasteiger partial charge in [0.15, 0.2) is 0 Å². The predicted molar refractivity (Wildman–Crippen MR) is 46.2 cm³/mol. The highest BCUT2D eigenvalue weighted by Gasteiger charge is 2.18. The molecule has 12 heavy (non-hydrogen) atoms. The molecule has 4 nitrogen and oxygen atoms in total. The molecule has 1 aliphatic rings. The standard InChI is InChI=1S/C8H16N2O2/c1-10-5-3-7(6-10)9-4-2-8(11)12/h7,9H,2-6H2,1H3,(H,11,12). The third-order valence-corrected chi connectivity index (χ3v) is 2.16. The van der Waals surface area contributed by atoms with E-state index in [9.17, 15) is 4.79 Å². The summed E-state index contributed by atoms with van der Waals surface area (Å²) in [6.45, 7) is 2.75. The fourth-order valence-electron chi connectivity index (χ4n) is 1.48. The lowest BCUT2D eigenvalue weighted by molar-refractivity contribution is -0.136. The van der Waals surface area contributed by atoms with Gasteiger partial charge in [-0.1, -0.05) is 0 Å². The molecule has 0 bridgehead atoms. The molecule has 4 heteroatoms. The summed E-state index contributed by atoms with van der Waals surface area (Å²) in [6, 6.07) is 0.495. The van der Waals surface area contributed by atoms with Gasteiger partial charge in [-0.3, -0.25) is 4.79 Å². The average molecular weight is 172 g/mol. The Morgan fingerprint density at radius 1 is 1.75 bits per heavy atom. The van der Waals surface area contributed by atoms with Gasteiger partial charge in [-0.05, 0) is 20.0 Å². The third-order valence-electron chi connectivity index (χ3n) is 2.16. The van der Waals surface area contributed by atoms with Crippen LogP contribution in [0.4, 0.5) is 0 Å². The van der Waals surface area contributed by atoms with Gasteiger partial charge in [-0.15, -0.1) is 0 Å². The molecule has 1 saturated heterocycles. The molecule has 2 N–H and O–H groups in total. The SMILES string of the molecule is CN1CCC(NCCC(=O)O)C1. The van der Waals surface area contributed by atoms with Crippen molar-refractivity contribution in [3.05, 3.63) is 0 Å². The van der Waals surface area contributed by atoms with Crippen LogP contribution in [0.2, 0.25) is 0 Å². The minimum absolute atomic E-state index is 0.222. The highest BCUT2D eigenvalue weighted by molar-refractivity contribution is 5.66. The van der Waals surface area contributed by atoms with Gasteiger partial charge < -0.3 is 15.3 Å². The topological polar surface area (TPSA) is 52.6 Å². The Balaban J connectivity index is 2.04. The number of likely N-dealkylation sites (tertiary alicyclic amines) is 1. The van der Waals surface area contributed by atoms with E-state index < -0.39 is 5.97 Å². The first-order chi connectivity index (χ1) is 5.68. The molecule has 0 radical (unpaired) electrons. The van der Waals surface area contributed by atoms with Crippen molar-refractivity contribution in [2.75, 3.05) is 26.7 Å². The molecule has 0 saturated carbocycles. The molecule has 0 amide bonds. The van der Waals surface area contributed by atoms with E-state index in [0.29, 0.717) is 12.6 Å². The van der Waals surface area contributed by atoms with Crippen molar-refractivity contribution < 1.29 is 9.90 Å². The molecule has 1 unspecified atom stereocenters. The van der Waals surface area contributed by atoms with E-state index in [1.165, 1.54) is 0 Å². The third kappa shape index (κ3) is 3.19. The second kappa shape index (κ2) is 4.42. The predicted octanol–water partition coefficient (Wildman–Crippen LogP) is -0.245. The average Bonchev–Trinajstić information content (AvgIpc) is 2.35. The van der Waals surface area contributed by atoms with Crippen LogP contribution in [-0.2, 0) is 4.79 Å². The molecule has 1 aliphatic heterocycles. The quantitative estimate of drug-likeness (QED) is 0.614. The lowest BCUT2D eigenvalue weighted by atomic mass is 10.2. The monoisotopic (exact) mass is 172 g/mol. The Morgan fingerprint density at radius 3 is 3.00 bits per heavy atom. The van der Waals surface area contributed by atoms with Gasteiger partial charge in [0.05, 0.1) is 6.42 Å². The first-order valence-electron chi connectivity index (χ1n) is 4.32. The molecule has 0 aromatic heterocycles. The lowest BCUT2D eigenvalue weighted by Gasteiger charge is -2.11. The molecule has 70 valence electrons. The zero-order valence-corrected chi connectivity index (χ0v) is 7.42. The minimum Gasteiger partial charge on any atom is -0.481 e. The highest BCUT2D eigenvalue weighted by Crippen LogP contribution is 2.05. The number of aliphatic carboxylic acids is 1. The smallest absolute Gasteiger partial charge is 0.304 e. The number of hydrogen-bond acceptors (Lipinski definition) is 3. The van der Waals surface area contributed by atoms with Crippen molar-refractivity contribution >= 4 is 5.97 Å². The summed E-state index contributed by atoms with van der Waals surface area (Å²) in [5, 5.41) is 11.6. The van der Waals surface area contributed by atoms with Crippen LogP contribution in [0.5, 0.6) is 0 Å². The van der Waals surface area contributed by atoms with Crippen molar-refractivity contribution in [3.63, 3.8) is 0 Å². The number of rotatable bonds is 4. The van der Waals surface area contributed by atoms with Gasteiger partial charge in [0.1, 0.15) is 0 Å². The number of carboxylic acid groups (broad SMARTS) is 1. The molecule has 0 spiro atoms. The van der Waals surface area contributed by atoms with Crippen LogP contribution in [0, 0.1) is 0 Å². The molecule has 1 atom stereocenters. The van der Waals surface area contributed by atoms with Gasteiger partial charge in [0, 0.05) is 19.1 Å². The summed E-state index contributed by atoms with van der Waals surface area (Å²) in [6.07, 6.45) is 1.36. The van der Waals surface area contributed by atoms with Crippen molar-refractivity contribution in [2.24, 2.45) is 0 Å². The van der Waals surface area contributed by atoms with Gasteiger partial charge >= 0.3 is 5.97 Å². The van der Waals surface area contributed by atoms with Gasteiger partial charge in [-0.25, -0.2) is 0 Å². The van der Waals surface area contributed by atoms with Crippen LogP contribution in [0.25, 0.3) is 0 Å². The minimum atomic E-state index is -0.728. The van der Waals surface area contributed by atoms with Gasteiger partial charge in [0.2, 0.25) is 0 Å². The number of carboxylic acids is 1. The van der Waals surface area contributed by atoms with E-state index in [2.05, 4.69) is 17.3 Å². The Hall–Kier alpha value is -0.610. The number of carbonyl (C=O) groups is 1. The Morgan fingerprint density at radius 2 is 2.50 bits per heavy atom. The van der Waals surface area contributed by atoms with E-state index in [-0.39, 0.29) is 6.42 Å². The highest BCUT2D eigenvalue weighted by atomic mass is 16.4. The van der Waals surface area contributed by atoms with Crippen LogP contribution in [-0.4, -0.2) is 48.7 Å². The van der Waals surface area contributed by atoms with Crippen LogP contribution in [0.15, 0.2) is 0 Å². The van der Waals surface area contributed by atoms with Crippen LogP contribution >= 0.6 is 0 Å². The van der Waals surface area contributed by atoms with Crippen molar-refractivity contribution in [2.45, 2.75) is 18.9 Å². The maximum atomic E-state index is 10.2. The van der Waals surface area contributed by atoms with Crippen LogP contribution in [0.3, 0.4) is 0 Å². The van der Waals surface area contributed by atoms with Crippen molar-refractivity contribution in [1.82, 2.24) is 10.2 Å². The summed E-state index contributed by atoms with van der Waals surface area (Å²) in [4.78, 5) is 12.4. The summed E-state index contributed by atoms with van der Waals surface area (Å²) in [5.74, 6) is -0.728. The molecule has 0 aliphatic carbocycles. The molecular formula is C8H16N2O2. The van der Waals surface area contributed by atoms with E-state index in [1.807, 2.05) is 0 Å². The van der Waals surface area contributed by atoms with E-state index in [1.54, 1.807) is 0 Å². The van der Waals surface area contributed by atoms with Crippen molar-refractivity contribution in [3.8, 4) is 0 Å². The van der Waals surface area contributed by atoms with Crippen LogP contribution in [0.1, 0.15) is 12.8 Å². The summed E-state index contributed by atoms with van der Waals surface area (Å²) >= 11 is 0. The Labute approximate surface area is 72.6 Å². The fourth-order valence-corrected chi connectivity index (χ4v) is 1.48. The summed E-state index contributed by atoms with van der Waals surface area (Å²) in [7, 11) is 2.08. The first kappa shape index (κ1) is 9.48. The van der Waals surface area contributed by atoms with Gasteiger partial charge in [-0.2, -0.15) is 0 Å². The molecule has 1 heterocycles. The number of likely N-dealkylation sites (N-methyl/N-ethyl adjacent to an activating group) is 1. The maximum Gasteiger partial charge on any atom is 0.304 e. The van der Waals surface area contributed by atoms with Gasteiger partial charge in [0.25, 0.3) is 0 Å². The molecule has 0 aromatic carbocycles. The number of hydrogen-bond donors (Lipinski definition) is 2. The fraction of sp³-hybridized carbons (Fsp3) is 0.875. The lowest BCUT2D eigenvalue weighted by Crippen LogP contribution is -2.32. The molecular weight excluding hydrogens is 156 g/mol. The molecule has 0 aromatic rings. The Kier molecular flexibility index (Phi) is 3.49. The molecule has 1 fully saturated rings. The number of nitrogens with one attached hydrogen (secondary N) is 1. The normalized spacial score (nSPS) is 24.6. The second-order valence-electron chi connectivity index (χ2n) is 3.35. The van der Waals surface area contributed by atoms with E-state index >= 15 is 0 Å². The second-order valence-corrected chi connectivity index (χ2v) is 3.35. The largest absolute Gasteiger partial charge is 0.481 e. The summed E-state index contributed by atoms with van der Waals surface area (Å²) < 4.78 is 0. The maximum absolute atomic E-state index is 10.2. The zero-order chi connectivity index (χ0) is 8.97. The first-order valence-corrected chi connectivity index (χ1v) is 4.32. The Bertz CT molecular complexity index is 161. The summed E-state index contributed by atoms with van der Waals surface area (Å²) in [5.41, 5.74) is 0. The van der Waals surface area contributed by atoms with E-state index in [0.717, 1.165) is 19.5 Å². The molecule has 1 rings (SSSR count). The zero-order valence-electron chi connectivity index (χ0n) is 7.42. The van der Waals surface area contributed by atoms with Crippen molar-refractivity contribution in [1.29, 1.82) is 0 Å². The number of nitrogens with zero attached hydrogens (tertiary/aromatic N) is 1. The van der Waals surface area contributed by atoms with E-state index in [4.69, 9.17) is 5.11 Å². The van der Waals surface area contributed by atoms with Crippen LogP contribution < -0.4 is 5.32 Å².